The van der Waals surface area contributed by atoms with Crippen LogP contribution in [-0.2, 0) is 4.79 Å². The molecular formula is C17H16N2O3S2. The smallest absolute Gasteiger partial charge is 0.269 e. The molecule has 0 N–H and O–H groups in total. The number of amides is 1. The van der Waals surface area contributed by atoms with E-state index in [9.17, 15) is 14.9 Å². The number of fused-ring (bicyclic) bond motifs is 1. The van der Waals surface area contributed by atoms with Gasteiger partial charge in [0.2, 0.25) is 5.91 Å². The highest BCUT2D eigenvalue weighted by atomic mass is 32.2. The van der Waals surface area contributed by atoms with E-state index in [-0.39, 0.29) is 16.8 Å². The molecule has 1 unspecified atom stereocenters. The number of carbonyl (C=O) groups excluding carboxylic acids is 1. The average Bonchev–Trinajstić information content (AvgIpc) is 2.61. The highest BCUT2D eigenvalue weighted by molar-refractivity contribution is 8.00. The lowest BCUT2D eigenvalue weighted by atomic mass is 10.2. The van der Waals surface area contributed by atoms with Crippen molar-refractivity contribution in [2.75, 3.05) is 17.2 Å². The second-order valence-corrected chi connectivity index (χ2v) is 7.87. The molecule has 3 rings (SSSR count). The number of carbonyl (C=O) groups is 1. The van der Waals surface area contributed by atoms with Gasteiger partial charge in [-0.2, -0.15) is 0 Å². The number of rotatable bonds is 4. The van der Waals surface area contributed by atoms with Crippen molar-refractivity contribution in [2.45, 2.75) is 22.0 Å². The topological polar surface area (TPSA) is 63.5 Å². The summed E-state index contributed by atoms with van der Waals surface area (Å²) in [6.07, 6.45) is 0. The lowest BCUT2D eigenvalue weighted by Gasteiger charge is -2.30. The fourth-order valence-electron chi connectivity index (χ4n) is 2.52. The summed E-state index contributed by atoms with van der Waals surface area (Å²) >= 11 is 3.19. The number of non-ortho nitro benzene ring substituents is 1. The Morgan fingerprint density at radius 2 is 1.96 bits per heavy atom. The summed E-state index contributed by atoms with van der Waals surface area (Å²) in [6.45, 7) is 2.57. The van der Waals surface area contributed by atoms with Gasteiger partial charge < -0.3 is 4.90 Å². The van der Waals surface area contributed by atoms with Crippen LogP contribution in [0.4, 0.5) is 11.4 Å². The average molecular weight is 360 g/mol. The first-order chi connectivity index (χ1) is 11.6. The number of thioether (sulfide) groups is 2. The standard InChI is InChI=1S/C17H16N2O3S2/c1-12(24-14-8-6-13(7-9-14)19(21)22)17(20)18-10-11-23-16-5-3-2-4-15(16)18/h2-9,12H,10-11H2,1H3. The van der Waals surface area contributed by atoms with Crippen molar-refractivity contribution in [1.82, 2.24) is 0 Å². The number of nitro groups is 1. The maximum atomic E-state index is 12.8. The number of hydrogen-bond donors (Lipinski definition) is 0. The van der Waals surface area contributed by atoms with Crippen molar-refractivity contribution in [1.29, 1.82) is 0 Å². The lowest BCUT2D eigenvalue weighted by Crippen LogP contribution is -2.40. The minimum absolute atomic E-state index is 0.0558. The van der Waals surface area contributed by atoms with E-state index in [2.05, 4.69) is 0 Å². The maximum Gasteiger partial charge on any atom is 0.269 e. The Labute approximate surface area is 148 Å². The van der Waals surface area contributed by atoms with Gasteiger partial charge in [0, 0.05) is 34.2 Å². The summed E-state index contributed by atoms with van der Waals surface area (Å²) in [6, 6.07) is 14.2. The van der Waals surface area contributed by atoms with Crippen LogP contribution >= 0.6 is 23.5 Å². The SMILES string of the molecule is CC(Sc1ccc([N+](=O)[O-])cc1)C(=O)N1CCSc2ccccc21. The van der Waals surface area contributed by atoms with Gasteiger partial charge in [0.25, 0.3) is 5.69 Å². The van der Waals surface area contributed by atoms with Gasteiger partial charge in [-0.25, -0.2) is 0 Å². The third kappa shape index (κ3) is 3.57. The fourth-order valence-corrected chi connectivity index (χ4v) is 4.44. The molecule has 7 heteroatoms. The van der Waals surface area contributed by atoms with Crippen LogP contribution in [0.5, 0.6) is 0 Å². The number of para-hydroxylation sites is 1. The van der Waals surface area contributed by atoms with E-state index in [1.54, 1.807) is 23.9 Å². The van der Waals surface area contributed by atoms with Crippen molar-refractivity contribution in [3.05, 3.63) is 58.6 Å². The van der Waals surface area contributed by atoms with Gasteiger partial charge in [-0.15, -0.1) is 23.5 Å². The minimum Gasteiger partial charge on any atom is -0.309 e. The monoisotopic (exact) mass is 360 g/mol. The predicted octanol–water partition coefficient (Wildman–Crippen LogP) is 4.21. The van der Waals surface area contributed by atoms with E-state index in [0.29, 0.717) is 6.54 Å². The third-order valence-electron chi connectivity index (χ3n) is 3.70. The molecule has 0 spiro atoms. The summed E-state index contributed by atoms with van der Waals surface area (Å²) in [7, 11) is 0. The van der Waals surface area contributed by atoms with Crippen molar-refractivity contribution in [3.8, 4) is 0 Å². The number of benzene rings is 2. The molecule has 0 fully saturated rings. The van der Waals surface area contributed by atoms with Gasteiger partial charge >= 0.3 is 0 Å². The normalized spacial score (nSPS) is 14.8. The summed E-state index contributed by atoms with van der Waals surface area (Å²) in [5, 5.41) is 10.4. The van der Waals surface area contributed by atoms with Crippen LogP contribution in [0.15, 0.2) is 58.3 Å². The van der Waals surface area contributed by atoms with Crippen LogP contribution in [-0.4, -0.2) is 28.4 Å². The Balaban J connectivity index is 1.72. The molecule has 1 heterocycles. The van der Waals surface area contributed by atoms with Crippen molar-refractivity contribution < 1.29 is 9.72 Å². The first-order valence-electron chi connectivity index (χ1n) is 7.50. The Morgan fingerprint density at radius 1 is 1.25 bits per heavy atom. The molecule has 124 valence electrons. The molecule has 1 aliphatic heterocycles. The first-order valence-corrected chi connectivity index (χ1v) is 9.37. The largest absolute Gasteiger partial charge is 0.309 e. The molecular weight excluding hydrogens is 344 g/mol. The Bertz CT molecular complexity index is 765. The highest BCUT2D eigenvalue weighted by Crippen LogP contribution is 2.36. The highest BCUT2D eigenvalue weighted by Gasteiger charge is 2.27. The number of hydrogen-bond acceptors (Lipinski definition) is 5. The Morgan fingerprint density at radius 3 is 2.67 bits per heavy atom. The Hall–Kier alpha value is -1.99. The number of anilines is 1. The molecule has 1 atom stereocenters. The minimum atomic E-state index is -0.425. The van der Waals surface area contributed by atoms with E-state index in [1.165, 1.54) is 23.9 Å². The zero-order chi connectivity index (χ0) is 17.1. The van der Waals surface area contributed by atoms with Crippen molar-refractivity contribution >= 4 is 40.8 Å². The Kier molecular flexibility index (Phi) is 5.11. The summed E-state index contributed by atoms with van der Waals surface area (Å²) in [4.78, 5) is 26.9. The summed E-state index contributed by atoms with van der Waals surface area (Å²) < 4.78 is 0. The van der Waals surface area contributed by atoms with Crippen molar-refractivity contribution in [3.63, 3.8) is 0 Å². The molecule has 5 nitrogen and oxygen atoms in total. The maximum absolute atomic E-state index is 12.8. The van der Waals surface area contributed by atoms with E-state index >= 15 is 0 Å². The zero-order valence-corrected chi connectivity index (χ0v) is 14.7. The van der Waals surface area contributed by atoms with Gasteiger partial charge in [0.1, 0.15) is 0 Å². The molecule has 2 aromatic rings. The zero-order valence-electron chi connectivity index (χ0n) is 13.0. The van der Waals surface area contributed by atoms with E-state index in [1.807, 2.05) is 36.1 Å². The van der Waals surface area contributed by atoms with Crippen LogP contribution in [0.3, 0.4) is 0 Å². The molecule has 0 aliphatic carbocycles. The molecule has 0 radical (unpaired) electrons. The fraction of sp³-hybridized carbons (Fsp3) is 0.235. The quantitative estimate of drug-likeness (QED) is 0.464. The van der Waals surface area contributed by atoms with E-state index < -0.39 is 4.92 Å². The van der Waals surface area contributed by atoms with Gasteiger partial charge in [0.05, 0.1) is 15.9 Å². The van der Waals surface area contributed by atoms with E-state index in [4.69, 9.17) is 0 Å². The predicted molar refractivity (Wildman–Crippen MR) is 97.9 cm³/mol. The lowest BCUT2D eigenvalue weighted by molar-refractivity contribution is -0.384. The van der Waals surface area contributed by atoms with Gasteiger partial charge in [-0.1, -0.05) is 12.1 Å². The van der Waals surface area contributed by atoms with Crippen LogP contribution in [0, 0.1) is 10.1 Å². The molecule has 1 amide bonds. The third-order valence-corrected chi connectivity index (χ3v) is 5.85. The molecule has 1 aliphatic rings. The van der Waals surface area contributed by atoms with Crippen LogP contribution in [0.2, 0.25) is 0 Å². The molecule has 0 saturated carbocycles. The first kappa shape index (κ1) is 16.9. The van der Waals surface area contributed by atoms with Crippen LogP contribution < -0.4 is 4.90 Å². The summed E-state index contributed by atoms with van der Waals surface area (Å²) in [5.74, 6) is 0.948. The molecule has 24 heavy (non-hydrogen) atoms. The molecule has 2 aromatic carbocycles. The van der Waals surface area contributed by atoms with Gasteiger partial charge in [-0.05, 0) is 31.2 Å². The van der Waals surface area contributed by atoms with Gasteiger partial charge in [-0.3, -0.25) is 14.9 Å². The molecule has 0 bridgehead atoms. The van der Waals surface area contributed by atoms with E-state index in [0.717, 1.165) is 21.2 Å². The number of nitro benzene ring substituents is 1. The molecule has 0 aromatic heterocycles. The summed E-state index contributed by atoms with van der Waals surface area (Å²) in [5.41, 5.74) is 1.02. The van der Waals surface area contributed by atoms with Crippen molar-refractivity contribution in [2.24, 2.45) is 0 Å². The second-order valence-electron chi connectivity index (χ2n) is 5.32. The van der Waals surface area contributed by atoms with Gasteiger partial charge in [0.15, 0.2) is 0 Å². The second kappa shape index (κ2) is 7.27. The molecule has 0 saturated heterocycles. The van der Waals surface area contributed by atoms with Crippen LogP contribution in [0.1, 0.15) is 6.92 Å². The number of nitrogens with zero attached hydrogens (tertiary/aromatic N) is 2. The van der Waals surface area contributed by atoms with Crippen LogP contribution in [0.25, 0.3) is 0 Å².